The quantitative estimate of drug-likeness (QED) is 0.872. The highest BCUT2D eigenvalue weighted by Gasteiger charge is 2.26. The summed E-state index contributed by atoms with van der Waals surface area (Å²) in [6.07, 6.45) is 2.15. The summed E-state index contributed by atoms with van der Waals surface area (Å²) in [6.45, 7) is 1.78. The zero-order valence-electron chi connectivity index (χ0n) is 11.5. The lowest BCUT2D eigenvalue weighted by Crippen LogP contribution is -2.40. The van der Waals surface area contributed by atoms with Crippen molar-refractivity contribution < 1.29 is 9.53 Å². The van der Waals surface area contributed by atoms with Gasteiger partial charge in [0.15, 0.2) is 0 Å². The fraction of sp³-hybridized carbons (Fsp3) is 0.467. The van der Waals surface area contributed by atoms with Crippen LogP contribution in [0.3, 0.4) is 0 Å². The zero-order valence-corrected chi connectivity index (χ0v) is 12.4. The first-order valence-corrected chi connectivity index (χ1v) is 7.72. The maximum Gasteiger partial charge on any atom is 0.248 e. The first-order valence-electron chi connectivity index (χ1n) is 6.90. The Morgan fingerprint density at radius 2 is 2.35 bits per heavy atom. The lowest BCUT2D eigenvalue weighted by Gasteiger charge is -2.31. The molecule has 5 heteroatoms. The third-order valence-corrected chi connectivity index (χ3v) is 4.90. The Bertz CT molecular complexity index is 578. The number of methoxy groups -OCH3 is 1. The number of aromatic nitrogens is 1. The van der Waals surface area contributed by atoms with E-state index >= 15 is 0 Å². The molecule has 0 saturated carbocycles. The molecule has 1 atom stereocenters. The summed E-state index contributed by atoms with van der Waals surface area (Å²) in [7, 11) is 1.56. The van der Waals surface area contributed by atoms with Gasteiger partial charge in [-0.1, -0.05) is 12.1 Å². The Balaban J connectivity index is 1.77. The first-order chi connectivity index (χ1) is 9.78. The number of amides is 1. The second kappa shape index (κ2) is 5.89. The van der Waals surface area contributed by atoms with Gasteiger partial charge in [0.25, 0.3) is 0 Å². The molecule has 0 spiro atoms. The Kier molecular flexibility index (Phi) is 3.98. The van der Waals surface area contributed by atoms with E-state index in [0.29, 0.717) is 5.92 Å². The molecule has 1 fully saturated rings. The van der Waals surface area contributed by atoms with Crippen LogP contribution in [0.1, 0.15) is 23.8 Å². The molecule has 1 aromatic heterocycles. The van der Waals surface area contributed by atoms with Gasteiger partial charge in [0.05, 0.1) is 15.2 Å². The second-order valence-electron chi connectivity index (χ2n) is 5.13. The number of likely N-dealkylation sites (tertiary alicyclic amines) is 1. The van der Waals surface area contributed by atoms with Gasteiger partial charge in [-0.3, -0.25) is 4.79 Å². The summed E-state index contributed by atoms with van der Waals surface area (Å²) in [6, 6.07) is 8.21. The molecule has 1 amide bonds. The van der Waals surface area contributed by atoms with Gasteiger partial charge in [-0.15, -0.1) is 11.3 Å². The standard InChI is InChI=1S/C15H18N2O2S/c1-19-10-14(18)17-8-4-5-11(9-17)15-16-12-6-2-3-7-13(12)20-15/h2-3,6-7,11H,4-5,8-10H2,1H3/t11-/m0/s1. The van der Waals surface area contributed by atoms with E-state index in [9.17, 15) is 4.79 Å². The van der Waals surface area contributed by atoms with Crippen molar-refractivity contribution in [2.75, 3.05) is 26.8 Å². The van der Waals surface area contributed by atoms with Crippen LogP contribution >= 0.6 is 11.3 Å². The number of ether oxygens (including phenoxy) is 1. The number of carbonyl (C=O) groups is 1. The summed E-state index contributed by atoms with van der Waals surface area (Å²) >= 11 is 1.75. The number of para-hydroxylation sites is 1. The average molecular weight is 290 g/mol. The van der Waals surface area contributed by atoms with Crippen LogP contribution in [0.25, 0.3) is 10.2 Å². The number of hydrogen-bond acceptors (Lipinski definition) is 4. The largest absolute Gasteiger partial charge is 0.375 e. The van der Waals surface area contributed by atoms with Gasteiger partial charge < -0.3 is 9.64 Å². The maximum atomic E-state index is 11.9. The Hall–Kier alpha value is -1.46. The summed E-state index contributed by atoms with van der Waals surface area (Å²) < 4.78 is 6.17. The minimum Gasteiger partial charge on any atom is -0.375 e. The van der Waals surface area contributed by atoms with Crippen LogP contribution in [0.4, 0.5) is 0 Å². The Labute approximate surface area is 122 Å². The molecule has 1 aromatic carbocycles. The van der Waals surface area contributed by atoms with E-state index < -0.39 is 0 Å². The maximum absolute atomic E-state index is 11.9. The summed E-state index contributed by atoms with van der Waals surface area (Å²) in [5.74, 6) is 0.445. The molecule has 0 unspecified atom stereocenters. The van der Waals surface area contributed by atoms with Gasteiger partial charge in [-0.05, 0) is 25.0 Å². The highest BCUT2D eigenvalue weighted by molar-refractivity contribution is 7.18. The predicted octanol–water partition coefficient (Wildman–Crippen LogP) is 2.65. The van der Waals surface area contributed by atoms with Crippen molar-refractivity contribution in [1.29, 1.82) is 0 Å². The van der Waals surface area contributed by atoms with E-state index in [4.69, 9.17) is 9.72 Å². The molecule has 3 rings (SSSR count). The predicted molar refractivity (Wildman–Crippen MR) is 80.1 cm³/mol. The van der Waals surface area contributed by atoms with Gasteiger partial charge in [0, 0.05) is 26.1 Å². The third kappa shape index (κ3) is 2.69. The van der Waals surface area contributed by atoms with Crippen LogP contribution in [0, 0.1) is 0 Å². The van der Waals surface area contributed by atoms with Crippen LogP contribution in [0.2, 0.25) is 0 Å². The monoisotopic (exact) mass is 290 g/mol. The topological polar surface area (TPSA) is 42.4 Å². The second-order valence-corrected chi connectivity index (χ2v) is 6.19. The summed E-state index contributed by atoms with van der Waals surface area (Å²) in [5, 5.41) is 1.15. The number of rotatable bonds is 3. The number of piperidine rings is 1. The minimum atomic E-state index is 0.0818. The van der Waals surface area contributed by atoms with Crippen molar-refractivity contribution in [2.24, 2.45) is 0 Å². The van der Waals surface area contributed by atoms with Gasteiger partial charge in [0.1, 0.15) is 6.61 Å². The van der Waals surface area contributed by atoms with Crippen molar-refractivity contribution >= 4 is 27.5 Å². The van der Waals surface area contributed by atoms with E-state index in [1.165, 1.54) is 4.70 Å². The molecule has 0 aliphatic carbocycles. The van der Waals surface area contributed by atoms with E-state index in [1.54, 1.807) is 18.4 Å². The fourth-order valence-corrected chi connectivity index (χ4v) is 3.78. The Morgan fingerprint density at radius 3 is 3.15 bits per heavy atom. The molecule has 2 aromatic rings. The molecule has 1 aliphatic rings. The lowest BCUT2D eigenvalue weighted by molar-refractivity contribution is -0.136. The number of nitrogens with zero attached hydrogens (tertiary/aromatic N) is 2. The first kappa shape index (κ1) is 13.5. The zero-order chi connectivity index (χ0) is 13.9. The van der Waals surface area contributed by atoms with Crippen LogP contribution in [0.15, 0.2) is 24.3 Å². The molecule has 0 bridgehead atoms. The fourth-order valence-electron chi connectivity index (χ4n) is 2.68. The normalized spacial score (nSPS) is 19.4. The number of thiazole rings is 1. The molecule has 4 nitrogen and oxygen atoms in total. The SMILES string of the molecule is COCC(=O)N1CCC[C@H](c2nc3ccccc3s2)C1. The highest BCUT2D eigenvalue weighted by atomic mass is 32.1. The number of fused-ring (bicyclic) bond motifs is 1. The van der Waals surface area contributed by atoms with Crippen LogP contribution in [-0.2, 0) is 9.53 Å². The molecule has 0 radical (unpaired) electrons. The summed E-state index contributed by atoms with van der Waals surface area (Å²) in [4.78, 5) is 18.6. The van der Waals surface area contributed by atoms with E-state index in [-0.39, 0.29) is 12.5 Å². The van der Waals surface area contributed by atoms with Crippen LogP contribution in [-0.4, -0.2) is 42.6 Å². The molecular weight excluding hydrogens is 272 g/mol. The highest BCUT2D eigenvalue weighted by Crippen LogP contribution is 2.32. The van der Waals surface area contributed by atoms with Crippen molar-refractivity contribution in [3.8, 4) is 0 Å². The molecule has 1 saturated heterocycles. The van der Waals surface area contributed by atoms with Crippen LogP contribution < -0.4 is 0 Å². The minimum absolute atomic E-state index is 0.0818. The molecule has 2 heterocycles. The Morgan fingerprint density at radius 1 is 1.50 bits per heavy atom. The molecule has 0 N–H and O–H groups in total. The van der Waals surface area contributed by atoms with Gasteiger partial charge in [0.2, 0.25) is 5.91 Å². The lowest BCUT2D eigenvalue weighted by atomic mass is 9.99. The van der Waals surface area contributed by atoms with E-state index in [0.717, 1.165) is 36.5 Å². The third-order valence-electron chi connectivity index (χ3n) is 3.70. The number of hydrogen-bond donors (Lipinski definition) is 0. The van der Waals surface area contributed by atoms with Crippen molar-refractivity contribution in [2.45, 2.75) is 18.8 Å². The van der Waals surface area contributed by atoms with E-state index in [2.05, 4.69) is 6.07 Å². The van der Waals surface area contributed by atoms with Crippen molar-refractivity contribution in [3.63, 3.8) is 0 Å². The molecule has 20 heavy (non-hydrogen) atoms. The molecule has 106 valence electrons. The molecule has 1 aliphatic heterocycles. The van der Waals surface area contributed by atoms with Crippen molar-refractivity contribution in [1.82, 2.24) is 9.88 Å². The van der Waals surface area contributed by atoms with E-state index in [1.807, 2.05) is 23.1 Å². The number of benzene rings is 1. The van der Waals surface area contributed by atoms with Gasteiger partial charge in [-0.25, -0.2) is 4.98 Å². The van der Waals surface area contributed by atoms with Gasteiger partial charge >= 0.3 is 0 Å². The molecular formula is C15H18N2O2S. The number of carbonyl (C=O) groups excluding carboxylic acids is 1. The van der Waals surface area contributed by atoms with Gasteiger partial charge in [-0.2, -0.15) is 0 Å². The smallest absolute Gasteiger partial charge is 0.248 e. The average Bonchev–Trinajstić information content (AvgIpc) is 2.91. The van der Waals surface area contributed by atoms with Crippen LogP contribution in [0.5, 0.6) is 0 Å². The summed E-state index contributed by atoms with van der Waals surface area (Å²) in [5.41, 5.74) is 1.06. The van der Waals surface area contributed by atoms with Crippen molar-refractivity contribution in [3.05, 3.63) is 29.3 Å².